The molecule has 3 N–H and O–H groups in total. The molecule has 4 nitrogen and oxygen atoms in total. The lowest BCUT2D eigenvalue weighted by Gasteiger charge is -2.10. The summed E-state index contributed by atoms with van der Waals surface area (Å²) in [5.41, 5.74) is 7.66. The number of hydrogen-bond acceptors (Lipinski definition) is 3. The molecule has 0 aliphatic rings. The van der Waals surface area contributed by atoms with Gasteiger partial charge in [-0.1, -0.05) is 29.8 Å². The van der Waals surface area contributed by atoms with Crippen molar-refractivity contribution < 1.29 is 9.53 Å². The Bertz CT molecular complexity index is 629. The third kappa shape index (κ3) is 3.65. The standard InChI is InChI=1S/C15H15ClN2O2/c1-10-4-2-3-5-14(10)20-9-15(19)18-11-6-7-12(16)13(17)8-11/h2-8H,9,17H2,1H3,(H,18,19). The number of halogens is 1. The quantitative estimate of drug-likeness (QED) is 0.850. The number of nitrogens with two attached hydrogens (primary N) is 1. The Kier molecular flexibility index (Phi) is 4.48. The van der Waals surface area contributed by atoms with Gasteiger partial charge in [-0.15, -0.1) is 0 Å². The van der Waals surface area contributed by atoms with Crippen LogP contribution in [0.3, 0.4) is 0 Å². The lowest BCUT2D eigenvalue weighted by atomic mass is 10.2. The normalized spacial score (nSPS) is 10.1. The van der Waals surface area contributed by atoms with Gasteiger partial charge in [-0.2, -0.15) is 0 Å². The Morgan fingerprint density at radius 3 is 2.75 bits per heavy atom. The topological polar surface area (TPSA) is 64.3 Å². The molecule has 1 amide bonds. The van der Waals surface area contributed by atoms with E-state index in [2.05, 4.69) is 5.32 Å². The lowest BCUT2D eigenvalue weighted by molar-refractivity contribution is -0.118. The molecule has 0 fully saturated rings. The van der Waals surface area contributed by atoms with E-state index >= 15 is 0 Å². The second kappa shape index (κ2) is 6.30. The molecule has 0 aliphatic heterocycles. The van der Waals surface area contributed by atoms with Gasteiger partial charge in [0, 0.05) is 5.69 Å². The van der Waals surface area contributed by atoms with Crippen molar-refractivity contribution >= 4 is 28.9 Å². The lowest BCUT2D eigenvalue weighted by Crippen LogP contribution is -2.20. The van der Waals surface area contributed by atoms with E-state index in [-0.39, 0.29) is 12.5 Å². The van der Waals surface area contributed by atoms with Gasteiger partial charge >= 0.3 is 0 Å². The van der Waals surface area contributed by atoms with Crippen molar-refractivity contribution in [1.29, 1.82) is 0 Å². The van der Waals surface area contributed by atoms with E-state index in [0.717, 1.165) is 5.56 Å². The Labute approximate surface area is 122 Å². The van der Waals surface area contributed by atoms with Gasteiger partial charge < -0.3 is 15.8 Å². The van der Waals surface area contributed by atoms with Gasteiger partial charge in [0.1, 0.15) is 5.75 Å². The number of carbonyl (C=O) groups is 1. The number of ether oxygens (including phenoxy) is 1. The molecule has 2 aromatic rings. The zero-order valence-corrected chi connectivity index (χ0v) is 11.8. The first-order chi connectivity index (χ1) is 9.56. The molecule has 0 aromatic heterocycles. The highest BCUT2D eigenvalue weighted by molar-refractivity contribution is 6.33. The van der Waals surface area contributed by atoms with Crippen LogP contribution in [0.5, 0.6) is 5.75 Å². The minimum atomic E-state index is -0.255. The van der Waals surface area contributed by atoms with E-state index in [1.54, 1.807) is 18.2 Å². The summed E-state index contributed by atoms with van der Waals surface area (Å²) in [6, 6.07) is 12.4. The van der Waals surface area contributed by atoms with Crippen LogP contribution in [-0.2, 0) is 4.79 Å². The fourth-order valence-corrected chi connectivity index (χ4v) is 1.80. The molecule has 0 heterocycles. The number of rotatable bonds is 4. The molecule has 0 saturated carbocycles. The molecule has 0 bridgehead atoms. The molecule has 2 aromatic carbocycles. The van der Waals surface area contributed by atoms with Crippen molar-refractivity contribution in [3.63, 3.8) is 0 Å². The Morgan fingerprint density at radius 2 is 2.05 bits per heavy atom. The molecule has 2 rings (SSSR count). The van der Waals surface area contributed by atoms with Crippen molar-refractivity contribution in [1.82, 2.24) is 0 Å². The summed E-state index contributed by atoms with van der Waals surface area (Å²) >= 11 is 5.81. The predicted molar refractivity (Wildman–Crippen MR) is 81.2 cm³/mol. The third-order valence-corrected chi connectivity index (χ3v) is 3.08. The second-order valence-corrected chi connectivity index (χ2v) is 4.75. The van der Waals surface area contributed by atoms with Crippen molar-refractivity contribution in [2.75, 3.05) is 17.7 Å². The second-order valence-electron chi connectivity index (χ2n) is 4.34. The number of anilines is 2. The van der Waals surface area contributed by atoms with Gasteiger partial charge in [0.05, 0.1) is 10.7 Å². The number of nitrogen functional groups attached to an aromatic ring is 1. The van der Waals surface area contributed by atoms with Crippen molar-refractivity contribution in [3.8, 4) is 5.75 Å². The molecule has 0 unspecified atom stereocenters. The first-order valence-corrected chi connectivity index (χ1v) is 6.47. The highest BCUT2D eigenvalue weighted by Crippen LogP contribution is 2.22. The average molecular weight is 291 g/mol. The molecule has 20 heavy (non-hydrogen) atoms. The van der Waals surface area contributed by atoms with Crippen LogP contribution >= 0.6 is 11.6 Å². The van der Waals surface area contributed by atoms with Crippen LogP contribution in [0.25, 0.3) is 0 Å². The summed E-state index contributed by atoms with van der Waals surface area (Å²) < 4.78 is 5.46. The molecule has 0 spiro atoms. The monoisotopic (exact) mass is 290 g/mol. The number of carbonyl (C=O) groups excluding carboxylic acids is 1. The van der Waals surface area contributed by atoms with E-state index < -0.39 is 0 Å². The van der Waals surface area contributed by atoms with Crippen LogP contribution < -0.4 is 15.8 Å². The Hall–Kier alpha value is -2.20. The van der Waals surface area contributed by atoms with Crippen LogP contribution in [0.1, 0.15) is 5.56 Å². The molecule has 5 heteroatoms. The molecule has 104 valence electrons. The predicted octanol–water partition coefficient (Wildman–Crippen LogP) is 3.25. The maximum atomic E-state index is 11.8. The smallest absolute Gasteiger partial charge is 0.262 e. The largest absolute Gasteiger partial charge is 0.483 e. The highest BCUT2D eigenvalue weighted by atomic mass is 35.5. The first kappa shape index (κ1) is 14.2. The van der Waals surface area contributed by atoms with Gasteiger partial charge in [-0.3, -0.25) is 4.79 Å². The Morgan fingerprint density at radius 1 is 1.30 bits per heavy atom. The number of para-hydroxylation sites is 1. The van der Waals surface area contributed by atoms with Crippen LogP contribution in [-0.4, -0.2) is 12.5 Å². The van der Waals surface area contributed by atoms with Gasteiger partial charge in [0.15, 0.2) is 6.61 Å². The molecule has 0 aliphatic carbocycles. The number of benzene rings is 2. The SMILES string of the molecule is Cc1ccccc1OCC(=O)Nc1ccc(Cl)c(N)c1. The van der Waals surface area contributed by atoms with Crippen LogP contribution in [0.2, 0.25) is 5.02 Å². The van der Waals surface area contributed by atoms with Gasteiger partial charge in [-0.25, -0.2) is 0 Å². The number of amides is 1. The van der Waals surface area contributed by atoms with Gasteiger partial charge in [0.25, 0.3) is 5.91 Å². The van der Waals surface area contributed by atoms with Crippen LogP contribution in [0.4, 0.5) is 11.4 Å². The maximum Gasteiger partial charge on any atom is 0.262 e. The molecule has 0 saturated heterocycles. The summed E-state index contributed by atoms with van der Waals surface area (Å²) in [6.07, 6.45) is 0. The fraction of sp³-hybridized carbons (Fsp3) is 0.133. The zero-order valence-electron chi connectivity index (χ0n) is 11.0. The third-order valence-electron chi connectivity index (χ3n) is 2.73. The summed E-state index contributed by atoms with van der Waals surface area (Å²) in [5, 5.41) is 3.15. The molecule has 0 radical (unpaired) electrons. The van der Waals surface area contributed by atoms with E-state index in [0.29, 0.717) is 22.1 Å². The van der Waals surface area contributed by atoms with Gasteiger partial charge in [0.2, 0.25) is 0 Å². The molecule has 0 atom stereocenters. The van der Waals surface area contributed by atoms with E-state index in [1.165, 1.54) is 0 Å². The first-order valence-electron chi connectivity index (χ1n) is 6.09. The minimum absolute atomic E-state index is 0.0621. The van der Waals surface area contributed by atoms with Crippen molar-refractivity contribution in [2.24, 2.45) is 0 Å². The molecular formula is C15H15ClN2O2. The summed E-state index contributed by atoms with van der Waals surface area (Å²) in [5.74, 6) is 0.438. The number of aryl methyl sites for hydroxylation is 1. The van der Waals surface area contributed by atoms with Crippen LogP contribution in [0, 0.1) is 6.92 Å². The average Bonchev–Trinajstić information content (AvgIpc) is 2.42. The van der Waals surface area contributed by atoms with Crippen LogP contribution in [0.15, 0.2) is 42.5 Å². The summed E-state index contributed by atoms with van der Waals surface area (Å²) in [4.78, 5) is 11.8. The van der Waals surface area contributed by atoms with Crippen molar-refractivity contribution in [3.05, 3.63) is 53.1 Å². The van der Waals surface area contributed by atoms with E-state index in [9.17, 15) is 4.79 Å². The number of hydrogen-bond donors (Lipinski definition) is 2. The highest BCUT2D eigenvalue weighted by Gasteiger charge is 2.06. The Balaban J connectivity index is 1.93. The maximum absolute atomic E-state index is 11.8. The van der Waals surface area contributed by atoms with Crippen molar-refractivity contribution in [2.45, 2.75) is 6.92 Å². The van der Waals surface area contributed by atoms with E-state index in [1.807, 2.05) is 31.2 Å². The van der Waals surface area contributed by atoms with Gasteiger partial charge in [-0.05, 0) is 36.8 Å². The zero-order chi connectivity index (χ0) is 14.5. The molecular weight excluding hydrogens is 276 g/mol. The van der Waals surface area contributed by atoms with E-state index in [4.69, 9.17) is 22.1 Å². The number of nitrogens with one attached hydrogen (secondary N) is 1. The fourth-order valence-electron chi connectivity index (χ4n) is 1.68. The summed E-state index contributed by atoms with van der Waals surface area (Å²) in [6.45, 7) is 1.86. The summed E-state index contributed by atoms with van der Waals surface area (Å²) in [7, 11) is 0. The minimum Gasteiger partial charge on any atom is -0.483 e.